The van der Waals surface area contributed by atoms with Crippen molar-refractivity contribution in [3.8, 4) is 0 Å². The molecule has 0 amide bonds. The first-order valence-electron chi connectivity index (χ1n) is 22.3. The first-order valence-corrected chi connectivity index (χ1v) is 23.8. The number of carbonyl (C=O) groups is 2. The highest BCUT2D eigenvalue weighted by Gasteiger charge is 2.51. The normalized spacial score (nSPS) is 22.9. The van der Waals surface area contributed by atoms with Crippen molar-refractivity contribution < 1.29 is 63.1 Å². The van der Waals surface area contributed by atoms with Gasteiger partial charge in [-0.1, -0.05) is 135 Å². The smallest absolute Gasteiger partial charge is 0.462 e. The molecule has 354 valence electrons. The molecule has 0 saturated heterocycles. The minimum Gasteiger partial charge on any atom is -0.462 e. The van der Waals surface area contributed by atoms with E-state index in [4.69, 9.17) is 18.5 Å². The van der Waals surface area contributed by atoms with Crippen molar-refractivity contribution in [1.82, 2.24) is 0 Å². The van der Waals surface area contributed by atoms with Crippen LogP contribution < -0.4 is 0 Å². The van der Waals surface area contributed by atoms with E-state index in [0.717, 1.165) is 70.6 Å². The summed E-state index contributed by atoms with van der Waals surface area (Å²) in [6.07, 6.45) is 39.9. The number of rotatable bonds is 34. The van der Waals surface area contributed by atoms with Gasteiger partial charge in [0, 0.05) is 12.8 Å². The van der Waals surface area contributed by atoms with Crippen LogP contribution in [0.4, 0.5) is 0 Å². The molecule has 0 bridgehead atoms. The van der Waals surface area contributed by atoms with Crippen molar-refractivity contribution in [2.24, 2.45) is 0 Å². The summed E-state index contributed by atoms with van der Waals surface area (Å²) >= 11 is 0. The second-order valence-corrected chi connectivity index (χ2v) is 16.2. The van der Waals surface area contributed by atoms with E-state index in [0.29, 0.717) is 19.3 Å². The van der Waals surface area contributed by atoms with E-state index in [1.165, 1.54) is 0 Å². The highest BCUT2D eigenvalue weighted by molar-refractivity contribution is 7.47. The van der Waals surface area contributed by atoms with Crippen molar-refractivity contribution in [3.05, 3.63) is 122 Å². The lowest BCUT2D eigenvalue weighted by molar-refractivity contribution is -0.220. The molecular formula is C49H75O13P. The zero-order valence-corrected chi connectivity index (χ0v) is 38.2. The first-order chi connectivity index (χ1) is 30.4. The van der Waals surface area contributed by atoms with Crippen molar-refractivity contribution in [1.29, 1.82) is 0 Å². The van der Waals surface area contributed by atoms with Gasteiger partial charge in [0.15, 0.2) is 6.10 Å². The molecule has 6 unspecified atom stereocenters. The molecule has 1 rings (SSSR count). The summed E-state index contributed by atoms with van der Waals surface area (Å²) in [6.45, 7) is 2.94. The quantitative estimate of drug-likeness (QED) is 0.0155. The maximum Gasteiger partial charge on any atom is 0.472 e. The van der Waals surface area contributed by atoms with Gasteiger partial charge in [-0.2, -0.15) is 0 Å². The third-order valence-corrected chi connectivity index (χ3v) is 10.3. The highest BCUT2D eigenvalue weighted by Crippen LogP contribution is 2.47. The van der Waals surface area contributed by atoms with Gasteiger partial charge >= 0.3 is 19.8 Å². The lowest BCUT2D eigenvalue weighted by Crippen LogP contribution is -2.64. The number of aliphatic hydroxyl groups excluding tert-OH is 5. The van der Waals surface area contributed by atoms with Gasteiger partial charge in [0.1, 0.15) is 43.2 Å². The number of allylic oxidation sites excluding steroid dienone is 20. The second-order valence-electron chi connectivity index (χ2n) is 14.8. The van der Waals surface area contributed by atoms with Crippen LogP contribution in [0.3, 0.4) is 0 Å². The van der Waals surface area contributed by atoms with Crippen LogP contribution in [0.15, 0.2) is 122 Å². The lowest BCUT2D eigenvalue weighted by atomic mass is 9.85. The average Bonchev–Trinajstić information content (AvgIpc) is 3.26. The van der Waals surface area contributed by atoms with Gasteiger partial charge in [-0.15, -0.1) is 0 Å². The van der Waals surface area contributed by atoms with E-state index in [1.807, 2.05) is 18.2 Å². The van der Waals surface area contributed by atoms with Gasteiger partial charge in [0.25, 0.3) is 0 Å². The molecule has 1 saturated carbocycles. The molecule has 63 heavy (non-hydrogen) atoms. The van der Waals surface area contributed by atoms with Crippen molar-refractivity contribution in [3.63, 3.8) is 0 Å². The van der Waals surface area contributed by atoms with Gasteiger partial charge in [-0.25, -0.2) is 4.57 Å². The Hall–Kier alpha value is -3.75. The number of esters is 2. The number of carbonyl (C=O) groups excluding carboxylic acids is 2. The molecule has 1 aliphatic rings. The van der Waals surface area contributed by atoms with E-state index >= 15 is 0 Å². The third-order valence-electron chi connectivity index (χ3n) is 9.31. The van der Waals surface area contributed by atoms with Crippen LogP contribution in [0.1, 0.15) is 117 Å². The summed E-state index contributed by atoms with van der Waals surface area (Å²) in [7, 11) is -5.16. The Morgan fingerprint density at radius 2 is 0.873 bits per heavy atom. The number of aliphatic hydroxyl groups is 5. The molecule has 0 aromatic carbocycles. The number of hydrogen-bond donors (Lipinski definition) is 6. The molecule has 14 heteroatoms. The van der Waals surface area contributed by atoms with E-state index in [9.17, 15) is 44.6 Å². The van der Waals surface area contributed by atoms with E-state index < -0.39 is 75.7 Å². The Labute approximate surface area is 375 Å². The zero-order chi connectivity index (χ0) is 46.4. The lowest BCUT2D eigenvalue weighted by Gasteiger charge is -2.41. The Kier molecular flexibility index (Phi) is 34.2. The third kappa shape index (κ3) is 30.1. The summed E-state index contributed by atoms with van der Waals surface area (Å²) < 4.78 is 33.4. The van der Waals surface area contributed by atoms with Crippen LogP contribution >= 0.6 is 7.82 Å². The van der Waals surface area contributed by atoms with Gasteiger partial charge < -0.3 is 39.9 Å². The minimum atomic E-state index is -5.16. The second kappa shape index (κ2) is 37.6. The number of phosphoric ester groups is 1. The van der Waals surface area contributed by atoms with Crippen LogP contribution in [-0.4, -0.2) is 98.3 Å². The zero-order valence-electron chi connectivity index (χ0n) is 37.3. The maximum atomic E-state index is 12.8. The predicted octanol–water partition coefficient (Wildman–Crippen LogP) is 8.61. The molecule has 8 atom stereocenters. The summed E-state index contributed by atoms with van der Waals surface area (Å²) in [5.74, 6) is -1.26. The minimum absolute atomic E-state index is 0.0459. The molecule has 0 spiro atoms. The molecule has 6 N–H and O–H groups in total. The largest absolute Gasteiger partial charge is 0.472 e. The molecule has 13 nitrogen and oxygen atoms in total. The Morgan fingerprint density at radius 3 is 1.30 bits per heavy atom. The molecule has 0 aromatic rings. The summed E-state index contributed by atoms with van der Waals surface area (Å²) in [5, 5.41) is 50.1. The van der Waals surface area contributed by atoms with Gasteiger partial charge in [0.05, 0.1) is 6.61 Å². The molecule has 0 aliphatic heterocycles. The number of unbranched alkanes of at least 4 members (excludes halogenated alkanes) is 2. The molecule has 1 fully saturated rings. The van der Waals surface area contributed by atoms with Crippen molar-refractivity contribution >= 4 is 19.8 Å². The Bertz CT molecular complexity index is 1560. The average molecular weight is 903 g/mol. The Balaban J connectivity index is 2.58. The van der Waals surface area contributed by atoms with E-state index in [2.05, 4.69) is 117 Å². The first kappa shape index (κ1) is 57.3. The maximum absolute atomic E-state index is 12.8. The van der Waals surface area contributed by atoms with Crippen LogP contribution in [-0.2, 0) is 32.7 Å². The van der Waals surface area contributed by atoms with E-state index in [1.54, 1.807) is 0 Å². The monoisotopic (exact) mass is 902 g/mol. The molecule has 0 heterocycles. The standard InChI is InChI=1S/C49H75O13P/c1-3-5-7-9-11-13-15-17-19-20-21-22-24-26-28-30-32-34-36-38-43(51)61-41(40-60-63(57,58)62-49-47(55)45(53)44(52)46(54)48(49)56)39-59-42(50)37-35-33-31-29-27-25-23-18-16-14-12-10-8-6-4-2/h5-8,11-14,17-19,21-23,26-29,32,34,41,44-49,52-56H,3-4,9-10,15-16,20,24-25,30-31,33,35-40H2,1-2H3,(H,57,58)/b7-5-,8-6-,13-11-,14-12-,19-17-,22-21-,23-18-,28-26-,29-27-,34-32-/t41-,44?,45-,46?,47?,48?,49?/m1/s1. The van der Waals surface area contributed by atoms with Gasteiger partial charge in [0.2, 0.25) is 0 Å². The van der Waals surface area contributed by atoms with Gasteiger partial charge in [-0.05, 0) is 89.9 Å². The molecule has 1 aliphatic carbocycles. The predicted molar refractivity (Wildman–Crippen MR) is 248 cm³/mol. The van der Waals surface area contributed by atoms with Crippen LogP contribution in [0.5, 0.6) is 0 Å². The number of phosphoric acid groups is 1. The van der Waals surface area contributed by atoms with Crippen molar-refractivity contribution in [2.75, 3.05) is 13.2 Å². The summed E-state index contributed by atoms with van der Waals surface area (Å²) in [5.41, 5.74) is 0. The fourth-order valence-corrected chi connectivity index (χ4v) is 6.74. The van der Waals surface area contributed by atoms with Crippen LogP contribution in [0.2, 0.25) is 0 Å². The van der Waals surface area contributed by atoms with Gasteiger partial charge in [-0.3, -0.25) is 18.6 Å². The number of hydrogen-bond acceptors (Lipinski definition) is 12. The molecular weight excluding hydrogens is 828 g/mol. The van der Waals surface area contributed by atoms with Crippen LogP contribution in [0, 0.1) is 0 Å². The summed E-state index contributed by atoms with van der Waals surface area (Å²) in [4.78, 5) is 35.6. The van der Waals surface area contributed by atoms with E-state index in [-0.39, 0.29) is 12.8 Å². The Morgan fingerprint density at radius 1 is 0.492 bits per heavy atom. The number of ether oxygens (including phenoxy) is 2. The highest BCUT2D eigenvalue weighted by atomic mass is 31.2. The fourth-order valence-electron chi connectivity index (χ4n) is 5.77. The molecule has 0 radical (unpaired) electrons. The molecule has 0 aromatic heterocycles. The topological polar surface area (TPSA) is 210 Å². The van der Waals surface area contributed by atoms with Crippen molar-refractivity contribution in [2.45, 2.75) is 159 Å². The van der Waals surface area contributed by atoms with Crippen LogP contribution in [0.25, 0.3) is 0 Å². The fraction of sp³-hybridized carbons (Fsp3) is 0.551. The SMILES string of the molecule is CC/C=C\C/C=C\C/C=C\C/C=C\C/C=C\C/C=C\CCC(=O)O[C@H](COC(=O)CCCC/C=C\C/C=C\C/C=C\C/C=C\CC)COP(=O)(O)OC1C(O)C(O)C(O)[C@@H](O)C1O. The summed E-state index contributed by atoms with van der Waals surface area (Å²) in [6, 6.07) is 0.